The van der Waals surface area contributed by atoms with Gasteiger partial charge in [0.05, 0.1) is 0 Å². The van der Waals surface area contributed by atoms with Crippen LogP contribution in [0.1, 0.15) is 37.2 Å². The average Bonchev–Trinajstić information content (AvgIpc) is 2.92. The number of aromatic nitrogens is 3. The van der Waals surface area contributed by atoms with Crippen molar-refractivity contribution in [3.63, 3.8) is 0 Å². The van der Waals surface area contributed by atoms with Gasteiger partial charge in [-0.1, -0.05) is 32.0 Å². The number of aromatic amines is 1. The molecule has 2 aromatic rings. The summed E-state index contributed by atoms with van der Waals surface area (Å²) in [6, 6.07) is 8.23. The molecule has 0 radical (unpaired) electrons. The molecule has 0 amide bonds. The molecule has 1 aromatic carbocycles. The lowest BCUT2D eigenvalue weighted by atomic mass is 10.1. The Balaban J connectivity index is 2.13. The van der Waals surface area contributed by atoms with Crippen molar-refractivity contribution in [3.05, 3.63) is 40.4 Å². The minimum Gasteiger partial charge on any atom is -0.491 e. The van der Waals surface area contributed by atoms with E-state index in [2.05, 4.69) is 34.7 Å². The number of para-hydroxylation sites is 1. The second-order valence-electron chi connectivity index (χ2n) is 4.78. The minimum absolute atomic E-state index is 0.129. The summed E-state index contributed by atoms with van der Waals surface area (Å²) >= 11 is 5.35. The summed E-state index contributed by atoms with van der Waals surface area (Å²) in [5.41, 5.74) is 1.18. The number of hydrogen-bond acceptors (Lipinski definition) is 3. The third-order valence-electron chi connectivity index (χ3n) is 3.23. The van der Waals surface area contributed by atoms with E-state index in [0.29, 0.717) is 17.3 Å². The van der Waals surface area contributed by atoms with E-state index < -0.39 is 0 Å². The highest BCUT2D eigenvalue weighted by Gasteiger charge is 2.28. The smallest absolute Gasteiger partial charge is 0.195 e. The largest absolute Gasteiger partial charge is 0.491 e. The van der Waals surface area contributed by atoms with E-state index in [0.717, 1.165) is 11.6 Å². The molecule has 1 N–H and O–H groups in total. The van der Waals surface area contributed by atoms with Gasteiger partial charge < -0.3 is 4.74 Å². The normalized spacial score (nSPS) is 17.8. The zero-order valence-electron chi connectivity index (χ0n) is 10.4. The second-order valence-corrected chi connectivity index (χ2v) is 5.16. The van der Waals surface area contributed by atoms with Gasteiger partial charge >= 0.3 is 0 Å². The quantitative estimate of drug-likeness (QED) is 0.845. The number of fused-ring (bicyclic) bond motifs is 1. The van der Waals surface area contributed by atoms with Crippen LogP contribution in [0.5, 0.6) is 5.75 Å². The monoisotopic (exact) mass is 261 g/mol. The molecule has 3 rings (SSSR count). The number of benzene rings is 1. The van der Waals surface area contributed by atoms with E-state index in [1.54, 1.807) is 0 Å². The van der Waals surface area contributed by atoms with Gasteiger partial charge in [-0.15, -0.1) is 0 Å². The first-order chi connectivity index (χ1) is 8.68. The molecule has 0 saturated carbocycles. The van der Waals surface area contributed by atoms with Crippen molar-refractivity contribution < 1.29 is 4.74 Å². The number of nitrogens with one attached hydrogen (secondary N) is 1. The number of ether oxygens (including phenoxy) is 1. The molecule has 1 unspecified atom stereocenters. The molecule has 1 atom stereocenters. The molecule has 1 aromatic heterocycles. The predicted octanol–water partition coefficient (Wildman–Crippen LogP) is 3.05. The fourth-order valence-corrected chi connectivity index (χ4v) is 2.65. The molecule has 0 aliphatic carbocycles. The van der Waals surface area contributed by atoms with Gasteiger partial charge in [-0.2, -0.15) is 5.10 Å². The van der Waals surface area contributed by atoms with E-state index in [1.165, 1.54) is 5.56 Å². The summed E-state index contributed by atoms with van der Waals surface area (Å²) in [4.78, 5) is 0. The molecule has 4 nitrogen and oxygen atoms in total. The Labute approximate surface area is 111 Å². The lowest BCUT2D eigenvalue weighted by Crippen LogP contribution is -2.16. The Bertz CT molecular complexity index is 629. The summed E-state index contributed by atoms with van der Waals surface area (Å²) in [6.45, 7) is 4.85. The van der Waals surface area contributed by atoms with Crippen LogP contribution in [0, 0.1) is 4.77 Å². The van der Waals surface area contributed by atoms with Gasteiger partial charge in [-0.3, -0.25) is 9.67 Å². The molecule has 0 fully saturated rings. The molecule has 1 aliphatic rings. The molecule has 94 valence electrons. The lowest BCUT2D eigenvalue weighted by molar-refractivity contribution is 0.312. The Morgan fingerprint density at radius 2 is 2.22 bits per heavy atom. The van der Waals surface area contributed by atoms with Crippen LogP contribution in [0.4, 0.5) is 0 Å². The summed E-state index contributed by atoms with van der Waals surface area (Å²) in [5.74, 6) is 2.25. The molecular formula is C13H15N3OS. The van der Waals surface area contributed by atoms with Crippen molar-refractivity contribution >= 4 is 12.2 Å². The van der Waals surface area contributed by atoms with Crippen LogP contribution in [-0.4, -0.2) is 21.4 Å². The average molecular weight is 261 g/mol. The summed E-state index contributed by atoms with van der Waals surface area (Å²) in [7, 11) is 0. The van der Waals surface area contributed by atoms with Gasteiger partial charge in [0.2, 0.25) is 0 Å². The highest BCUT2D eigenvalue weighted by atomic mass is 32.1. The highest BCUT2D eigenvalue weighted by molar-refractivity contribution is 7.71. The first-order valence-electron chi connectivity index (χ1n) is 6.07. The summed E-state index contributed by atoms with van der Waals surface area (Å²) in [5, 5.41) is 7.21. The Hall–Kier alpha value is -1.62. The van der Waals surface area contributed by atoms with E-state index in [-0.39, 0.29) is 6.04 Å². The zero-order chi connectivity index (χ0) is 12.7. The maximum Gasteiger partial charge on any atom is 0.195 e. The molecule has 0 saturated heterocycles. The molecule has 5 heteroatoms. The number of rotatable bonds is 2. The van der Waals surface area contributed by atoms with Crippen molar-refractivity contribution in [2.24, 2.45) is 0 Å². The minimum atomic E-state index is 0.129. The second kappa shape index (κ2) is 4.24. The van der Waals surface area contributed by atoms with Gasteiger partial charge in [0.25, 0.3) is 0 Å². The zero-order valence-corrected chi connectivity index (χ0v) is 11.2. The van der Waals surface area contributed by atoms with Crippen molar-refractivity contribution in [2.75, 3.05) is 6.61 Å². The number of hydrogen-bond donors (Lipinski definition) is 1. The molecular weight excluding hydrogens is 246 g/mol. The number of H-pyrrole nitrogens is 1. The third-order valence-corrected chi connectivity index (χ3v) is 3.52. The van der Waals surface area contributed by atoms with Gasteiger partial charge in [-0.05, 0) is 18.3 Å². The highest BCUT2D eigenvalue weighted by Crippen LogP contribution is 2.35. The van der Waals surface area contributed by atoms with Gasteiger partial charge in [0, 0.05) is 11.5 Å². The van der Waals surface area contributed by atoms with Crippen molar-refractivity contribution in [2.45, 2.75) is 25.8 Å². The van der Waals surface area contributed by atoms with Crippen LogP contribution in [0.25, 0.3) is 0 Å². The predicted molar refractivity (Wildman–Crippen MR) is 71.6 cm³/mol. The van der Waals surface area contributed by atoms with Crippen LogP contribution >= 0.6 is 12.2 Å². The first kappa shape index (κ1) is 11.5. The van der Waals surface area contributed by atoms with Crippen LogP contribution in [-0.2, 0) is 0 Å². The fraction of sp³-hybridized carbons (Fsp3) is 0.385. The van der Waals surface area contributed by atoms with Crippen molar-refractivity contribution in [3.8, 4) is 5.75 Å². The van der Waals surface area contributed by atoms with Gasteiger partial charge in [0.15, 0.2) is 4.77 Å². The number of nitrogens with zero attached hydrogens (tertiary/aromatic N) is 2. The van der Waals surface area contributed by atoms with Crippen LogP contribution in [0.2, 0.25) is 0 Å². The standard InChI is InChI=1S/C13H15N3OS/c1-8(2)12-14-15-13(18)16(12)10-7-17-11-6-4-3-5-9(10)11/h3-6,8,10H,7H2,1-2H3,(H,15,18). The lowest BCUT2D eigenvalue weighted by Gasteiger charge is -2.15. The van der Waals surface area contributed by atoms with E-state index >= 15 is 0 Å². The summed E-state index contributed by atoms with van der Waals surface area (Å²) < 4.78 is 8.45. The van der Waals surface area contributed by atoms with Crippen LogP contribution in [0.15, 0.2) is 24.3 Å². The Kier molecular flexibility index (Phi) is 2.70. The topological polar surface area (TPSA) is 42.8 Å². The maximum absolute atomic E-state index is 5.72. The molecule has 2 heterocycles. The van der Waals surface area contributed by atoms with E-state index in [9.17, 15) is 0 Å². The van der Waals surface area contributed by atoms with Gasteiger partial charge in [0.1, 0.15) is 24.2 Å². The van der Waals surface area contributed by atoms with Crippen LogP contribution in [0.3, 0.4) is 0 Å². The maximum atomic E-state index is 5.72. The molecule has 0 bridgehead atoms. The first-order valence-corrected chi connectivity index (χ1v) is 6.48. The SMILES string of the molecule is CC(C)c1n[nH]c(=S)n1C1COc2ccccc21. The molecule has 1 aliphatic heterocycles. The van der Waals surface area contributed by atoms with Crippen LogP contribution < -0.4 is 4.74 Å². The van der Waals surface area contributed by atoms with E-state index in [4.69, 9.17) is 17.0 Å². The van der Waals surface area contributed by atoms with Crippen molar-refractivity contribution in [1.29, 1.82) is 0 Å². The Morgan fingerprint density at radius 1 is 1.44 bits per heavy atom. The Morgan fingerprint density at radius 3 is 3.00 bits per heavy atom. The van der Waals surface area contributed by atoms with Crippen molar-refractivity contribution in [1.82, 2.24) is 14.8 Å². The fourth-order valence-electron chi connectivity index (χ4n) is 2.38. The van der Waals surface area contributed by atoms with Gasteiger partial charge in [-0.25, -0.2) is 0 Å². The molecule has 0 spiro atoms. The third kappa shape index (κ3) is 1.66. The van der Waals surface area contributed by atoms with E-state index in [1.807, 2.05) is 18.2 Å². The summed E-state index contributed by atoms with van der Waals surface area (Å²) in [6.07, 6.45) is 0. The molecule has 18 heavy (non-hydrogen) atoms.